The molecule has 0 saturated heterocycles. The molecule has 1 heterocycles. The predicted molar refractivity (Wildman–Crippen MR) is 76.4 cm³/mol. The Morgan fingerprint density at radius 3 is 2.43 bits per heavy atom. The van der Waals surface area contributed by atoms with Crippen LogP contribution in [0.5, 0.6) is 0 Å². The molecule has 0 saturated carbocycles. The number of aryl methyl sites for hydroxylation is 3. The molecule has 0 aliphatic rings. The summed E-state index contributed by atoms with van der Waals surface area (Å²) >= 11 is 0. The van der Waals surface area contributed by atoms with E-state index in [1.165, 1.54) is 6.20 Å². The quantitative estimate of drug-likeness (QED) is 0.638. The minimum atomic E-state index is -0.885. The van der Waals surface area contributed by atoms with Gasteiger partial charge in [0.05, 0.1) is 6.20 Å². The van der Waals surface area contributed by atoms with Crippen LogP contribution >= 0.6 is 0 Å². The number of ketones is 1. The third kappa shape index (κ3) is 3.18. The average molecular weight is 287 g/mol. The van der Waals surface area contributed by atoms with Crippen LogP contribution in [0.2, 0.25) is 0 Å². The van der Waals surface area contributed by atoms with Gasteiger partial charge >= 0.3 is 5.97 Å². The highest BCUT2D eigenvalue weighted by molar-refractivity contribution is 6.01. The zero-order chi connectivity index (χ0) is 15.6. The summed E-state index contributed by atoms with van der Waals surface area (Å²) in [7, 11) is 0. The molecule has 1 atom stereocenters. The second-order valence-electron chi connectivity index (χ2n) is 5.05. The van der Waals surface area contributed by atoms with Crippen LogP contribution in [0, 0.1) is 20.8 Å². The zero-order valence-electron chi connectivity index (χ0n) is 12.5. The van der Waals surface area contributed by atoms with Gasteiger partial charge in [-0.3, -0.25) is 4.79 Å². The maximum absolute atomic E-state index is 12.3. The van der Waals surface area contributed by atoms with E-state index >= 15 is 0 Å². The van der Waals surface area contributed by atoms with Crippen LogP contribution in [0.4, 0.5) is 0 Å². The molecule has 1 aromatic heterocycles. The van der Waals surface area contributed by atoms with Gasteiger partial charge in [-0.1, -0.05) is 17.3 Å². The van der Waals surface area contributed by atoms with Gasteiger partial charge in [0, 0.05) is 11.1 Å². The highest BCUT2D eigenvalue weighted by Gasteiger charge is 2.23. The molecule has 5 nitrogen and oxygen atoms in total. The third-order valence-corrected chi connectivity index (χ3v) is 3.38. The molecule has 110 valence electrons. The summed E-state index contributed by atoms with van der Waals surface area (Å²) in [5.41, 5.74) is 3.22. The second kappa shape index (κ2) is 5.91. The first-order valence-electron chi connectivity index (χ1n) is 6.64. The van der Waals surface area contributed by atoms with E-state index in [1.807, 2.05) is 19.9 Å². The van der Waals surface area contributed by atoms with Crippen molar-refractivity contribution < 1.29 is 18.8 Å². The molecular weight excluding hydrogens is 270 g/mol. The Hall–Kier alpha value is -2.43. The second-order valence-corrected chi connectivity index (χ2v) is 5.05. The molecule has 21 heavy (non-hydrogen) atoms. The number of benzene rings is 1. The molecule has 0 aliphatic carbocycles. The van der Waals surface area contributed by atoms with Crippen LogP contribution in [0.15, 0.2) is 28.9 Å². The first-order chi connectivity index (χ1) is 9.90. The standard InChI is InChI=1S/C16H17NO4/c1-9-5-6-13(7-10(9)2)14(18)12(4)20-16(19)15-11(3)8-17-21-15/h5-8,12H,1-4H3. The Morgan fingerprint density at radius 1 is 1.14 bits per heavy atom. The number of rotatable bonds is 4. The summed E-state index contributed by atoms with van der Waals surface area (Å²) in [6.07, 6.45) is 0.538. The fraction of sp³-hybridized carbons (Fsp3) is 0.312. The molecule has 1 unspecified atom stereocenters. The Labute approximate surface area is 122 Å². The Bertz CT molecular complexity index is 687. The maximum atomic E-state index is 12.3. The lowest BCUT2D eigenvalue weighted by atomic mass is 10.0. The number of nitrogens with zero attached hydrogens (tertiary/aromatic N) is 1. The lowest BCUT2D eigenvalue weighted by Gasteiger charge is -2.12. The highest BCUT2D eigenvalue weighted by atomic mass is 16.6. The Morgan fingerprint density at radius 2 is 1.86 bits per heavy atom. The normalized spacial score (nSPS) is 12.0. The van der Waals surface area contributed by atoms with Crippen molar-refractivity contribution in [3.63, 3.8) is 0 Å². The van der Waals surface area contributed by atoms with Gasteiger partial charge in [-0.2, -0.15) is 0 Å². The molecule has 0 amide bonds. The maximum Gasteiger partial charge on any atom is 0.378 e. The van der Waals surface area contributed by atoms with Gasteiger partial charge in [0.15, 0.2) is 6.10 Å². The van der Waals surface area contributed by atoms with Crippen molar-refractivity contribution in [2.75, 3.05) is 0 Å². The molecule has 0 aliphatic heterocycles. The molecule has 0 bridgehead atoms. The number of aromatic nitrogens is 1. The number of carbonyl (C=O) groups excluding carboxylic acids is 2. The van der Waals surface area contributed by atoms with Crippen molar-refractivity contribution in [1.82, 2.24) is 5.16 Å². The smallest absolute Gasteiger partial charge is 0.378 e. The molecule has 0 spiro atoms. The first-order valence-corrected chi connectivity index (χ1v) is 6.64. The number of ether oxygens (including phenoxy) is 1. The van der Waals surface area contributed by atoms with E-state index in [0.717, 1.165) is 11.1 Å². The number of hydrogen-bond acceptors (Lipinski definition) is 5. The van der Waals surface area contributed by atoms with Crippen LogP contribution in [0.1, 0.15) is 44.5 Å². The number of esters is 1. The van der Waals surface area contributed by atoms with Crippen molar-refractivity contribution in [1.29, 1.82) is 0 Å². The average Bonchev–Trinajstić information content (AvgIpc) is 2.87. The molecular formula is C16H17NO4. The fourth-order valence-corrected chi connectivity index (χ4v) is 1.88. The van der Waals surface area contributed by atoms with E-state index < -0.39 is 12.1 Å². The summed E-state index contributed by atoms with van der Waals surface area (Å²) in [5.74, 6) is -0.909. The van der Waals surface area contributed by atoms with Gasteiger partial charge in [0.25, 0.3) is 0 Å². The van der Waals surface area contributed by atoms with Crippen molar-refractivity contribution in [3.8, 4) is 0 Å². The third-order valence-electron chi connectivity index (χ3n) is 3.38. The van der Waals surface area contributed by atoms with Crippen molar-refractivity contribution in [2.24, 2.45) is 0 Å². The van der Waals surface area contributed by atoms with E-state index in [1.54, 1.807) is 26.0 Å². The lowest BCUT2D eigenvalue weighted by molar-refractivity contribution is 0.0280. The SMILES string of the molecule is Cc1ccc(C(=O)C(C)OC(=O)c2oncc2C)cc1C. The summed E-state index contributed by atoms with van der Waals surface area (Å²) in [4.78, 5) is 24.2. The van der Waals surface area contributed by atoms with Crippen molar-refractivity contribution in [2.45, 2.75) is 33.8 Å². The van der Waals surface area contributed by atoms with Crippen LogP contribution in [0.3, 0.4) is 0 Å². The zero-order valence-corrected chi connectivity index (χ0v) is 12.5. The Balaban J connectivity index is 2.11. The molecule has 0 fully saturated rings. The molecule has 2 rings (SSSR count). The number of carbonyl (C=O) groups is 2. The summed E-state index contributed by atoms with van der Waals surface area (Å²) in [6, 6.07) is 5.40. The number of Topliss-reactive ketones (excluding diaryl/α,β-unsaturated/α-hetero) is 1. The molecule has 0 N–H and O–H groups in total. The highest BCUT2D eigenvalue weighted by Crippen LogP contribution is 2.15. The first kappa shape index (κ1) is 15.0. The van der Waals surface area contributed by atoms with Crippen LogP contribution in [-0.4, -0.2) is 23.0 Å². The van der Waals surface area contributed by atoms with E-state index in [2.05, 4.69) is 5.16 Å². The fourth-order valence-electron chi connectivity index (χ4n) is 1.88. The minimum Gasteiger partial charge on any atom is -0.448 e. The van der Waals surface area contributed by atoms with Crippen LogP contribution < -0.4 is 0 Å². The van der Waals surface area contributed by atoms with Gasteiger partial charge in [0.1, 0.15) is 0 Å². The molecule has 2 aromatic rings. The monoisotopic (exact) mass is 287 g/mol. The molecule has 0 radical (unpaired) electrons. The lowest BCUT2D eigenvalue weighted by Crippen LogP contribution is -2.24. The van der Waals surface area contributed by atoms with Gasteiger partial charge in [-0.25, -0.2) is 4.79 Å². The summed E-state index contributed by atoms with van der Waals surface area (Å²) in [5, 5.41) is 3.51. The van der Waals surface area contributed by atoms with Crippen LogP contribution in [0.25, 0.3) is 0 Å². The van der Waals surface area contributed by atoms with E-state index in [-0.39, 0.29) is 11.5 Å². The summed E-state index contributed by atoms with van der Waals surface area (Å²) in [6.45, 7) is 7.13. The minimum absolute atomic E-state index is 0.0229. The van der Waals surface area contributed by atoms with E-state index in [0.29, 0.717) is 11.1 Å². The topological polar surface area (TPSA) is 69.4 Å². The van der Waals surface area contributed by atoms with Crippen LogP contribution in [-0.2, 0) is 4.74 Å². The van der Waals surface area contributed by atoms with Gasteiger partial charge < -0.3 is 9.26 Å². The molecule has 5 heteroatoms. The van der Waals surface area contributed by atoms with Crippen molar-refractivity contribution in [3.05, 3.63) is 52.4 Å². The summed E-state index contributed by atoms with van der Waals surface area (Å²) < 4.78 is 9.95. The van der Waals surface area contributed by atoms with E-state index in [4.69, 9.17) is 9.26 Å². The number of hydrogen-bond donors (Lipinski definition) is 0. The van der Waals surface area contributed by atoms with Crippen molar-refractivity contribution >= 4 is 11.8 Å². The Kier molecular flexibility index (Phi) is 4.21. The predicted octanol–water partition coefficient (Wildman–Crippen LogP) is 3.03. The van der Waals surface area contributed by atoms with Gasteiger partial charge in [-0.05, 0) is 44.9 Å². The molecule has 1 aromatic carbocycles. The van der Waals surface area contributed by atoms with E-state index in [9.17, 15) is 9.59 Å². The largest absolute Gasteiger partial charge is 0.448 e. The van der Waals surface area contributed by atoms with Gasteiger partial charge in [0.2, 0.25) is 11.5 Å². The van der Waals surface area contributed by atoms with Gasteiger partial charge in [-0.15, -0.1) is 0 Å².